The largest absolute Gasteiger partial charge is 0.465 e. The topological polar surface area (TPSA) is 47.6 Å². The summed E-state index contributed by atoms with van der Waals surface area (Å²) in [6.07, 6.45) is 3.25. The normalized spacial score (nSPS) is 18.7. The van der Waals surface area contributed by atoms with Gasteiger partial charge in [-0.3, -0.25) is 4.79 Å². The Morgan fingerprint density at radius 1 is 1.33 bits per heavy atom. The third kappa shape index (κ3) is 5.83. The smallest absolute Gasteiger partial charge is 0.323 e. The van der Waals surface area contributed by atoms with Crippen molar-refractivity contribution in [2.75, 3.05) is 13.2 Å². The molecule has 1 aliphatic rings. The Bertz CT molecular complexity index is 251. The van der Waals surface area contributed by atoms with E-state index in [0.717, 1.165) is 0 Å². The standard InChI is InChI=1S/C14H27NO3/c1-5-17-14(16)13(15-12-6-7-12)8-9-18-11(4)10(2)3/h10-13,15H,5-9H2,1-4H3. The van der Waals surface area contributed by atoms with Crippen molar-refractivity contribution in [1.82, 2.24) is 5.32 Å². The molecule has 2 atom stereocenters. The molecule has 0 amide bonds. The van der Waals surface area contributed by atoms with E-state index < -0.39 is 0 Å². The van der Waals surface area contributed by atoms with E-state index in [1.54, 1.807) is 0 Å². The predicted octanol–water partition coefficient (Wildman–Crippen LogP) is 2.12. The molecule has 4 heteroatoms. The highest BCUT2D eigenvalue weighted by molar-refractivity contribution is 5.75. The van der Waals surface area contributed by atoms with Crippen molar-refractivity contribution in [3.8, 4) is 0 Å². The quantitative estimate of drug-likeness (QED) is 0.643. The molecule has 18 heavy (non-hydrogen) atoms. The lowest BCUT2D eigenvalue weighted by molar-refractivity contribution is -0.146. The summed E-state index contributed by atoms with van der Waals surface area (Å²) in [5, 5.41) is 3.32. The lowest BCUT2D eigenvalue weighted by atomic mass is 10.1. The molecule has 0 spiro atoms. The van der Waals surface area contributed by atoms with Crippen molar-refractivity contribution in [1.29, 1.82) is 0 Å². The molecule has 106 valence electrons. The first-order chi connectivity index (χ1) is 8.54. The van der Waals surface area contributed by atoms with Crippen LogP contribution in [0.3, 0.4) is 0 Å². The van der Waals surface area contributed by atoms with Crippen LogP contribution in [0.4, 0.5) is 0 Å². The van der Waals surface area contributed by atoms with Gasteiger partial charge in [0.1, 0.15) is 6.04 Å². The van der Waals surface area contributed by atoms with Gasteiger partial charge in [0.25, 0.3) is 0 Å². The Balaban J connectivity index is 2.28. The third-order valence-corrected chi connectivity index (χ3v) is 3.31. The molecule has 1 saturated carbocycles. The molecule has 0 radical (unpaired) electrons. The second kappa shape index (κ2) is 7.74. The van der Waals surface area contributed by atoms with Gasteiger partial charge in [-0.05, 0) is 39.0 Å². The second-order valence-electron chi connectivity index (χ2n) is 5.35. The minimum atomic E-state index is -0.211. The number of carbonyl (C=O) groups excluding carboxylic acids is 1. The fourth-order valence-electron chi connectivity index (χ4n) is 1.61. The highest BCUT2D eigenvalue weighted by atomic mass is 16.5. The van der Waals surface area contributed by atoms with Crippen LogP contribution in [-0.4, -0.2) is 37.4 Å². The molecule has 1 rings (SSSR count). The molecular formula is C14H27NO3. The minimum absolute atomic E-state index is 0.148. The van der Waals surface area contributed by atoms with Crippen LogP contribution in [0.2, 0.25) is 0 Å². The maximum atomic E-state index is 11.8. The molecule has 0 aromatic heterocycles. The maximum Gasteiger partial charge on any atom is 0.323 e. The van der Waals surface area contributed by atoms with Crippen LogP contribution in [0.1, 0.15) is 47.0 Å². The van der Waals surface area contributed by atoms with Gasteiger partial charge in [-0.25, -0.2) is 0 Å². The molecule has 1 N–H and O–H groups in total. The number of ether oxygens (including phenoxy) is 2. The molecule has 0 saturated heterocycles. The first-order valence-electron chi connectivity index (χ1n) is 7.08. The predicted molar refractivity (Wildman–Crippen MR) is 71.4 cm³/mol. The van der Waals surface area contributed by atoms with Crippen LogP contribution in [0.15, 0.2) is 0 Å². The van der Waals surface area contributed by atoms with Gasteiger partial charge in [0.05, 0.1) is 12.7 Å². The average Bonchev–Trinajstić information content (AvgIpc) is 3.11. The van der Waals surface area contributed by atoms with E-state index in [2.05, 4.69) is 26.1 Å². The SMILES string of the molecule is CCOC(=O)C(CCOC(C)C(C)C)NC1CC1. The summed E-state index contributed by atoms with van der Waals surface area (Å²) < 4.78 is 10.8. The molecule has 1 fully saturated rings. The Labute approximate surface area is 110 Å². The van der Waals surface area contributed by atoms with Crippen molar-refractivity contribution < 1.29 is 14.3 Å². The van der Waals surface area contributed by atoms with E-state index in [0.29, 0.717) is 31.6 Å². The fraction of sp³-hybridized carbons (Fsp3) is 0.929. The van der Waals surface area contributed by atoms with E-state index in [1.807, 2.05) is 6.92 Å². The van der Waals surface area contributed by atoms with Crippen molar-refractivity contribution in [3.05, 3.63) is 0 Å². The summed E-state index contributed by atoms with van der Waals surface area (Å²) >= 11 is 0. The van der Waals surface area contributed by atoms with Crippen LogP contribution < -0.4 is 5.32 Å². The van der Waals surface area contributed by atoms with E-state index in [1.165, 1.54) is 12.8 Å². The first kappa shape index (κ1) is 15.4. The van der Waals surface area contributed by atoms with Crippen LogP contribution in [0.25, 0.3) is 0 Å². The second-order valence-corrected chi connectivity index (χ2v) is 5.35. The number of hydrogen-bond donors (Lipinski definition) is 1. The lowest BCUT2D eigenvalue weighted by Crippen LogP contribution is -2.40. The number of rotatable bonds is 9. The van der Waals surface area contributed by atoms with Crippen LogP contribution in [0.5, 0.6) is 0 Å². The van der Waals surface area contributed by atoms with E-state index in [-0.39, 0.29) is 18.1 Å². The molecule has 0 aliphatic heterocycles. The van der Waals surface area contributed by atoms with Gasteiger partial charge in [-0.2, -0.15) is 0 Å². The summed E-state index contributed by atoms with van der Waals surface area (Å²) in [5.74, 6) is 0.354. The maximum absolute atomic E-state index is 11.8. The molecular weight excluding hydrogens is 230 g/mol. The molecule has 0 aromatic carbocycles. The zero-order chi connectivity index (χ0) is 13.5. The summed E-state index contributed by atoms with van der Waals surface area (Å²) in [6.45, 7) is 9.21. The van der Waals surface area contributed by atoms with Crippen molar-refractivity contribution >= 4 is 5.97 Å². The monoisotopic (exact) mass is 257 g/mol. The lowest BCUT2D eigenvalue weighted by Gasteiger charge is -2.20. The molecule has 4 nitrogen and oxygen atoms in total. The zero-order valence-electron chi connectivity index (χ0n) is 12.1. The summed E-state index contributed by atoms with van der Waals surface area (Å²) in [7, 11) is 0. The Morgan fingerprint density at radius 3 is 2.50 bits per heavy atom. The van der Waals surface area contributed by atoms with Gasteiger partial charge in [0, 0.05) is 12.6 Å². The third-order valence-electron chi connectivity index (χ3n) is 3.31. The Hall–Kier alpha value is -0.610. The Kier molecular flexibility index (Phi) is 6.65. The molecule has 0 bridgehead atoms. The van der Waals surface area contributed by atoms with Gasteiger partial charge >= 0.3 is 5.97 Å². The van der Waals surface area contributed by atoms with Gasteiger partial charge in [0.15, 0.2) is 0 Å². The molecule has 1 aliphatic carbocycles. The summed E-state index contributed by atoms with van der Waals surface area (Å²) in [6, 6.07) is 0.291. The molecule has 0 aromatic rings. The van der Waals surface area contributed by atoms with Crippen molar-refractivity contribution in [2.45, 2.75) is 65.1 Å². The van der Waals surface area contributed by atoms with Crippen LogP contribution in [-0.2, 0) is 14.3 Å². The van der Waals surface area contributed by atoms with Crippen molar-refractivity contribution in [2.24, 2.45) is 5.92 Å². The average molecular weight is 257 g/mol. The fourth-order valence-corrected chi connectivity index (χ4v) is 1.61. The van der Waals surface area contributed by atoms with Gasteiger partial charge in [-0.1, -0.05) is 13.8 Å². The number of hydrogen-bond acceptors (Lipinski definition) is 4. The van der Waals surface area contributed by atoms with Gasteiger partial charge < -0.3 is 14.8 Å². The number of carbonyl (C=O) groups is 1. The van der Waals surface area contributed by atoms with Crippen LogP contribution >= 0.6 is 0 Å². The number of nitrogens with one attached hydrogen (secondary N) is 1. The molecule has 0 heterocycles. The molecule has 2 unspecified atom stereocenters. The zero-order valence-corrected chi connectivity index (χ0v) is 12.1. The number of esters is 1. The first-order valence-corrected chi connectivity index (χ1v) is 7.08. The van der Waals surface area contributed by atoms with E-state index in [4.69, 9.17) is 9.47 Å². The highest BCUT2D eigenvalue weighted by Gasteiger charge is 2.29. The minimum Gasteiger partial charge on any atom is -0.465 e. The van der Waals surface area contributed by atoms with Gasteiger partial charge in [-0.15, -0.1) is 0 Å². The van der Waals surface area contributed by atoms with Crippen LogP contribution in [0, 0.1) is 5.92 Å². The Morgan fingerprint density at radius 2 is 2.00 bits per heavy atom. The van der Waals surface area contributed by atoms with E-state index >= 15 is 0 Å². The summed E-state index contributed by atoms with van der Waals surface area (Å²) in [5.41, 5.74) is 0. The summed E-state index contributed by atoms with van der Waals surface area (Å²) in [4.78, 5) is 11.8. The van der Waals surface area contributed by atoms with Crippen molar-refractivity contribution in [3.63, 3.8) is 0 Å². The highest BCUT2D eigenvalue weighted by Crippen LogP contribution is 2.20. The van der Waals surface area contributed by atoms with Gasteiger partial charge in [0.2, 0.25) is 0 Å². The van der Waals surface area contributed by atoms with E-state index in [9.17, 15) is 4.79 Å².